The molecule has 14 nitrogen and oxygen atoms in total. The smallest absolute Gasteiger partial charge is 0.272 e. The van der Waals surface area contributed by atoms with Crippen LogP contribution < -0.4 is 20.1 Å². The molecule has 2 aromatic carbocycles. The number of hydrogen-bond acceptors (Lipinski definition) is 10. The van der Waals surface area contributed by atoms with Crippen molar-refractivity contribution in [3.05, 3.63) is 84.5 Å². The number of aryl methyl sites for hydroxylation is 1. The summed E-state index contributed by atoms with van der Waals surface area (Å²) in [4.78, 5) is 70.9. The number of rotatable bonds is 7. The number of fused-ring (bicyclic) bond motifs is 5. The van der Waals surface area contributed by atoms with Crippen LogP contribution in [0.3, 0.4) is 0 Å². The lowest BCUT2D eigenvalue weighted by Crippen LogP contribution is -2.58. The number of nitrogens with one attached hydrogen (secondary N) is 3. The number of aromatic nitrogens is 3. The van der Waals surface area contributed by atoms with Crippen molar-refractivity contribution in [1.29, 1.82) is 0 Å². The summed E-state index contributed by atoms with van der Waals surface area (Å²) in [6.07, 6.45) is 10.4. The van der Waals surface area contributed by atoms with Gasteiger partial charge in [-0.1, -0.05) is 61.4 Å². The van der Waals surface area contributed by atoms with Crippen molar-refractivity contribution in [1.82, 2.24) is 35.2 Å². The molecule has 15 heteroatoms. The highest BCUT2D eigenvalue weighted by Crippen LogP contribution is 2.46. The predicted octanol–water partition coefficient (Wildman–Crippen LogP) is 3.64. The number of allylic oxidation sites excluding steroid dienone is 1. The second-order valence-electron chi connectivity index (χ2n) is 15.0. The van der Waals surface area contributed by atoms with E-state index in [1.807, 2.05) is 60.7 Å². The topological polar surface area (TPSA) is 190 Å². The fourth-order valence-electron chi connectivity index (χ4n) is 7.71. The second-order valence-corrected chi connectivity index (χ2v) is 17.0. The maximum Gasteiger partial charge on any atom is 0.272 e. The molecule has 4 aliphatic rings. The van der Waals surface area contributed by atoms with E-state index in [-0.39, 0.29) is 25.1 Å². The summed E-state index contributed by atoms with van der Waals surface area (Å²) in [7, 11) is -3.89. The fourth-order valence-corrected chi connectivity index (χ4v) is 9.07. The maximum absolute atomic E-state index is 14.6. The summed E-state index contributed by atoms with van der Waals surface area (Å²) < 4.78 is 34.6. The lowest BCUT2D eigenvalue weighted by atomic mass is 10.0. The molecule has 4 aromatic rings. The van der Waals surface area contributed by atoms with E-state index in [1.54, 1.807) is 6.92 Å². The number of hydrogen-bond donors (Lipinski definition) is 3. The molecule has 1 saturated heterocycles. The maximum atomic E-state index is 14.6. The van der Waals surface area contributed by atoms with Crippen LogP contribution in [0, 0.1) is 12.8 Å². The highest BCUT2D eigenvalue weighted by Gasteiger charge is 2.62. The average Bonchev–Trinajstić information content (AvgIpc) is 4.11. The summed E-state index contributed by atoms with van der Waals surface area (Å²) in [6.45, 7) is 1.75. The van der Waals surface area contributed by atoms with Crippen LogP contribution in [0.15, 0.2) is 73.1 Å². The molecule has 2 aliphatic carbocycles. The van der Waals surface area contributed by atoms with Crippen molar-refractivity contribution >= 4 is 55.3 Å². The van der Waals surface area contributed by atoms with E-state index in [9.17, 15) is 27.6 Å². The zero-order chi connectivity index (χ0) is 38.3. The van der Waals surface area contributed by atoms with Crippen LogP contribution in [-0.2, 0) is 24.4 Å². The number of nitrogens with zero attached hydrogens (tertiary/aromatic N) is 4. The molecule has 2 aliphatic heterocycles. The minimum absolute atomic E-state index is 0.00491. The van der Waals surface area contributed by atoms with Gasteiger partial charge in [-0.3, -0.25) is 28.9 Å². The first-order valence-electron chi connectivity index (χ1n) is 18.9. The van der Waals surface area contributed by atoms with Gasteiger partial charge in [-0.25, -0.2) is 18.4 Å². The Morgan fingerprint density at radius 3 is 2.47 bits per heavy atom. The molecule has 5 atom stereocenters. The molecule has 4 amide bonds. The van der Waals surface area contributed by atoms with Gasteiger partial charge in [0.15, 0.2) is 0 Å². The van der Waals surface area contributed by atoms with Crippen molar-refractivity contribution in [2.75, 3.05) is 6.54 Å². The van der Waals surface area contributed by atoms with Crippen LogP contribution in [0.1, 0.15) is 74.0 Å². The second kappa shape index (κ2) is 14.7. The SMILES string of the molecule is Cc1cnc(C(=O)N[C@H]2CCCCCC=C[C@@H]3C[C@@]3(C(=O)NS(=O)(=O)C3CC3)NC(=O)[C@H]3C[C@@H](Oc4nc5ccccc5c5ccccc45)CN3C2=O)cn1. The lowest BCUT2D eigenvalue weighted by Gasteiger charge is -2.29. The molecular weight excluding hydrogens is 723 g/mol. The zero-order valence-corrected chi connectivity index (χ0v) is 31.3. The number of sulfonamides is 1. The van der Waals surface area contributed by atoms with Gasteiger partial charge >= 0.3 is 0 Å². The summed E-state index contributed by atoms with van der Waals surface area (Å²) in [5, 5.41) is 7.79. The van der Waals surface area contributed by atoms with Gasteiger partial charge in [-0.05, 0) is 63.0 Å². The first kappa shape index (κ1) is 36.5. The molecule has 3 fully saturated rings. The van der Waals surface area contributed by atoms with E-state index in [0.29, 0.717) is 43.7 Å². The van der Waals surface area contributed by atoms with Crippen molar-refractivity contribution in [3.63, 3.8) is 0 Å². The van der Waals surface area contributed by atoms with Gasteiger partial charge in [-0.2, -0.15) is 0 Å². The number of pyridine rings is 1. The Morgan fingerprint density at radius 1 is 0.945 bits per heavy atom. The number of carbonyl (C=O) groups excluding carboxylic acids is 4. The highest BCUT2D eigenvalue weighted by atomic mass is 32.2. The molecule has 55 heavy (non-hydrogen) atoms. The fraction of sp³-hybridized carbons (Fsp3) is 0.425. The van der Waals surface area contributed by atoms with Crippen molar-refractivity contribution in [2.24, 2.45) is 5.92 Å². The molecule has 0 bridgehead atoms. The van der Waals surface area contributed by atoms with E-state index < -0.39 is 68.5 Å². The Bertz CT molecular complexity index is 2310. The number of ether oxygens (including phenoxy) is 1. The third-order valence-electron chi connectivity index (χ3n) is 11.0. The van der Waals surface area contributed by atoms with Crippen LogP contribution in [0.2, 0.25) is 0 Å². The van der Waals surface area contributed by atoms with Gasteiger partial charge in [0.1, 0.15) is 29.4 Å². The average molecular weight is 766 g/mol. The van der Waals surface area contributed by atoms with E-state index in [0.717, 1.165) is 34.5 Å². The number of carbonyl (C=O) groups is 4. The molecule has 0 radical (unpaired) electrons. The Morgan fingerprint density at radius 2 is 1.71 bits per heavy atom. The molecule has 4 heterocycles. The van der Waals surface area contributed by atoms with Crippen molar-refractivity contribution < 1.29 is 32.3 Å². The molecule has 2 aromatic heterocycles. The van der Waals surface area contributed by atoms with Crippen LogP contribution >= 0.6 is 0 Å². The quantitative estimate of drug-likeness (QED) is 0.185. The minimum Gasteiger partial charge on any atom is -0.472 e. The summed E-state index contributed by atoms with van der Waals surface area (Å²) in [5.41, 5.74) is -0.0889. The van der Waals surface area contributed by atoms with Crippen LogP contribution in [0.5, 0.6) is 5.88 Å². The molecular formula is C40H43N7O7S. The highest BCUT2D eigenvalue weighted by molar-refractivity contribution is 7.91. The van der Waals surface area contributed by atoms with Gasteiger partial charge in [0.05, 0.1) is 29.2 Å². The zero-order valence-electron chi connectivity index (χ0n) is 30.4. The van der Waals surface area contributed by atoms with E-state index in [4.69, 9.17) is 9.72 Å². The van der Waals surface area contributed by atoms with Gasteiger partial charge in [0.2, 0.25) is 27.7 Å². The van der Waals surface area contributed by atoms with Crippen molar-refractivity contribution in [3.8, 4) is 5.88 Å². The van der Waals surface area contributed by atoms with Crippen LogP contribution in [0.25, 0.3) is 21.7 Å². The van der Waals surface area contributed by atoms with Gasteiger partial charge in [0, 0.05) is 29.3 Å². The van der Waals surface area contributed by atoms with E-state index in [1.165, 1.54) is 17.3 Å². The normalized spacial score (nSPS) is 25.9. The van der Waals surface area contributed by atoms with Crippen LogP contribution in [0.4, 0.5) is 0 Å². The van der Waals surface area contributed by atoms with Crippen molar-refractivity contribution in [2.45, 2.75) is 93.7 Å². The molecule has 0 spiro atoms. The number of amides is 4. The van der Waals surface area contributed by atoms with E-state index >= 15 is 0 Å². The summed E-state index contributed by atoms with van der Waals surface area (Å²) >= 11 is 0. The van der Waals surface area contributed by atoms with Crippen LogP contribution in [-0.4, -0.2) is 87.4 Å². The number of benzene rings is 2. The molecule has 3 N–H and O–H groups in total. The molecule has 0 unspecified atom stereocenters. The predicted molar refractivity (Wildman–Crippen MR) is 203 cm³/mol. The third kappa shape index (κ3) is 7.49. The Labute approximate surface area is 318 Å². The molecule has 286 valence electrons. The van der Waals surface area contributed by atoms with E-state index in [2.05, 4.69) is 25.3 Å². The van der Waals surface area contributed by atoms with Gasteiger partial charge in [-0.15, -0.1) is 0 Å². The van der Waals surface area contributed by atoms with Gasteiger partial charge in [0.25, 0.3) is 11.8 Å². The number of para-hydroxylation sites is 1. The Balaban J connectivity index is 1.12. The summed E-state index contributed by atoms with van der Waals surface area (Å²) in [6, 6.07) is 13.3. The third-order valence-corrected chi connectivity index (χ3v) is 12.8. The molecule has 2 saturated carbocycles. The first-order chi connectivity index (χ1) is 26.5. The summed E-state index contributed by atoms with van der Waals surface area (Å²) in [5.74, 6) is -2.52. The Hall–Kier alpha value is -5.44. The largest absolute Gasteiger partial charge is 0.472 e. The monoisotopic (exact) mass is 765 g/mol. The van der Waals surface area contributed by atoms with Gasteiger partial charge < -0.3 is 20.3 Å². The Kier molecular flexibility index (Phi) is 9.74. The minimum atomic E-state index is -3.89. The first-order valence-corrected chi connectivity index (χ1v) is 20.5. The molecule has 8 rings (SSSR count). The lowest BCUT2D eigenvalue weighted by molar-refractivity contribution is -0.141. The standard InChI is InChI=1S/C40H43N7O7S/c1-24-21-42-33(22-41-24)35(48)43-32-16-6-4-2-3-5-11-25-20-40(25,39(51)46-55(52,53)27-17-18-27)45-36(49)34-19-26(23-47(34)38(32)50)54-37-30-14-8-7-12-28(30)29-13-9-10-15-31(29)44-37/h5,7-15,21-22,25-27,32,34H,2-4,6,16-20,23H2,1H3,(H,43,48)(H,45,49)(H,46,51)/t25-,26-,32+,34-,40-/m1/s1.